The van der Waals surface area contributed by atoms with E-state index >= 15 is 0 Å². The molecule has 3 aromatic carbocycles. The van der Waals surface area contributed by atoms with Crippen LogP contribution in [0.25, 0.3) is 11.3 Å². The molecule has 0 saturated carbocycles. The Morgan fingerprint density at radius 1 is 1.04 bits per heavy atom. The highest BCUT2D eigenvalue weighted by atomic mass is 35.5. The third-order valence-electron chi connectivity index (χ3n) is 7.83. The largest absolute Gasteiger partial charge is 0.340 e. The summed E-state index contributed by atoms with van der Waals surface area (Å²) >= 11 is 6.32. The Kier molecular flexibility index (Phi) is 9.45. The summed E-state index contributed by atoms with van der Waals surface area (Å²) in [4.78, 5) is 30.2. The standard InChI is InChI=1S/C33H31ClF2N8O.CH4/c1-18-16-44(17-19(2)40-18)32(37)43(3)31(45)20-7-10-23(11-8-20)41-33-39-15-21-14-38-30(28-26(35)5-4-6-27(28)36)25-13-22(34)9-12-24(25)29(21)42-33;/h4-13,15,18-19,37,40H,14,16-17H2,1-3H3,(H,39,41,42);1H4. The molecule has 6 rings (SSSR count). The van der Waals surface area contributed by atoms with Crippen molar-refractivity contribution in [1.82, 2.24) is 25.1 Å². The number of amides is 1. The number of nitrogens with one attached hydrogen (secondary N) is 3. The summed E-state index contributed by atoms with van der Waals surface area (Å²) < 4.78 is 29.7. The molecule has 3 heterocycles. The lowest BCUT2D eigenvalue weighted by Crippen LogP contribution is -2.58. The molecule has 1 fully saturated rings. The Morgan fingerprint density at radius 3 is 2.39 bits per heavy atom. The Hall–Kier alpha value is -4.74. The molecule has 1 aromatic heterocycles. The van der Waals surface area contributed by atoms with Crippen molar-refractivity contribution in [3.63, 3.8) is 0 Å². The first-order chi connectivity index (χ1) is 21.6. The van der Waals surface area contributed by atoms with E-state index in [1.807, 2.05) is 4.90 Å². The molecule has 2 unspecified atom stereocenters. The van der Waals surface area contributed by atoms with Crippen molar-refractivity contribution in [2.24, 2.45) is 4.99 Å². The molecule has 9 nitrogen and oxygen atoms in total. The van der Waals surface area contributed by atoms with Crippen LogP contribution in [-0.4, -0.2) is 69.6 Å². The number of carbonyl (C=O) groups is 1. The van der Waals surface area contributed by atoms with Gasteiger partial charge in [-0.15, -0.1) is 0 Å². The summed E-state index contributed by atoms with van der Waals surface area (Å²) in [6.07, 6.45) is 1.63. The van der Waals surface area contributed by atoms with E-state index in [2.05, 4.69) is 34.5 Å². The molecule has 238 valence electrons. The average Bonchev–Trinajstić information content (AvgIpc) is 3.16. The van der Waals surface area contributed by atoms with E-state index in [0.29, 0.717) is 51.7 Å². The smallest absolute Gasteiger partial charge is 0.260 e. The minimum Gasteiger partial charge on any atom is -0.340 e. The van der Waals surface area contributed by atoms with Crippen LogP contribution in [0.2, 0.25) is 5.02 Å². The summed E-state index contributed by atoms with van der Waals surface area (Å²) in [7, 11) is 1.61. The monoisotopic (exact) mass is 644 g/mol. The lowest BCUT2D eigenvalue weighted by molar-refractivity contribution is 0.0848. The number of piperazine rings is 1. The number of aliphatic imine (C=N–C) groups is 1. The molecule has 46 heavy (non-hydrogen) atoms. The Bertz CT molecular complexity index is 1800. The molecule has 1 amide bonds. The first kappa shape index (κ1) is 32.6. The van der Waals surface area contributed by atoms with Gasteiger partial charge in [-0.05, 0) is 62.4 Å². The third kappa shape index (κ3) is 6.47. The van der Waals surface area contributed by atoms with Gasteiger partial charge in [0.05, 0.1) is 23.5 Å². The van der Waals surface area contributed by atoms with Crippen molar-refractivity contribution in [1.29, 1.82) is 5.41 Å². The van der Waals surface area contributed by atoms with Crippen molar-refractivity contribution in [3.05, 3.63) is 106 Å². The Morgan fingerprint density at radius 2 is 1.72 bits per heavy atom. The Balaban J connectivity index is 0.00000417. The summed E-state index contributed by atoms with van der Waals surface area (Å²) in [5.41, 5.74) is 3.29. The number of nitrogens with zero attached hydrogens (tertiary/aromatic N) is 5. The van der Waals surface area contributed by atoms with E-state index in [0.717, 1.165) is 0 Å². The van der Waals surface area contributed by atoms with Crippen molar-refractivity contribution < 1.29 is 13.6 Å². The third-order valence-corrected chi connectivity index (χ3v) is 8.07. The summed E-state index contributed by atoms with van der Waals surface area (Å²) in [6.45, 7) is 5.52. The van der Waals surface area contributed by atoms with Crippen molar-refractivity contribution in [3.8, 4) is 11.3 Å². The molecule has 2 atom stereocenters. The van der Waals surface area contributed by atoms with E-state index in [4.69, 9.17) is 22.0 Å². The second kappa shape index (κ2) is 13.3. The van der Waals surface area contributed by atoms with Crippen molar-refractivity contribution in [2.45, 2.75) is 39.9 Å². The highest BCUT2D eigenvalue weighted by Gasteiger charge is 2.28. The molecule has 0 bridgehead atoms. The molecule has 3 N–H and O–H groups in total. The molecule has 1 saturated heterocycles. The molecular weight excluding hydrogens is 610 g/mol. The number of hydrogen-bond donors (Lipinski definition) is 3. The number of guanidine groups is 1. The van der Waals surface area contributed by atoms with Gasteiger partial charge in [0.2, 0.25) is 11.9 Å². The van der Waals surface area contributed by atoms with Crippen molar-refractivity contribution in [2.75, 3.05) is 25.5 Å². The molecule has 12 heteroatoms. The quantitative estimate of drug-likeness (QED) is 0.173. The number of fused-ring (bicyclic) bond motifs is 3. The minimum atomic E-state index is -0.725. The first-order valence-corrected chi connectivity index (χ1v) is 14.9. The van der Waals surface area contributed by atoms with Gasteiger partial charge in [-0.25, -0.2) is 18.7 Å². The van der Waals surface area contributed by atoms with Crippen LogP contribution < -0.4 is 10.6 Å². The fourth-order valence-corrected chi connectivity index (χ4v) is 5.92. The summed E-state index contributed by atoms with van der Waals surface area (Å²) in [5.74, 6) is -1.29. The van der Waals surface area contributed by atoms with Crippen LogP contribution >= 0.6 is 11.6 Å². The van der Waals surface area contributed by atoms with E-state index in [1.54, 1.807) is 55.7 Å². The molecular formula is C34H35ClF2N8O. The molecule has 0 aliphatic carbocycles. The van der Waals surface area contributed by atoms with E-state index in [9.17, 15) is 13.6 Å². The van der Waals surface area contributed by atoms with Gasteiger partial charge in [0, 0.05) is 71.4 Å². The van der Waals surface area contributed by atoms with E-state index < -0.39 is 11.6 Å². The average molecular weight is 645 g/mol. The minimum absolute atomic E-state index is 0. The lowest BCUT2D eigenvalue weighted by atomic mass is 9.95. The number of halogens is 3. The van der Waals surface area contributed by atoms with Crippen LogP contribution in [0.5, 0.6) is 0 Å². The van der Waals surface area contributed by atoms with Gasteiger partial charge in [0.1, 0.15) is 11.6 Å². The highest BCUT2D eigenvalue weighted by molar-refractivity contribution is 6.31. The van der Waals surface area contributed by atoms with Crippen LogP contribution in [0.15, 0.2) is 71.9 Å². The number of aromatic nitrogens is 2. The topological polar surface area (TPSA) is 110 Å². The van der Waals surface area contributed by atoms with Crippen LogP contribution in [0.3, 0.4) is 0 Å². The van der Waals surface area contributed by atoms with Gasteiger partial charge in [0.25, 0.3) is 5.91 Å². The molecule has 2 aliphatic rings. The van der Waals surface area contributed by atoms with Gasteiger partial charge >= 0.3 is 0 Å². The van der Waals surface area contributed by atoms with Crippen LogP contribution in [0.1, 0.15) is 48.3 Å². The maximum atomic E-state index is 14.8. The predicted molar refractivity (Wildman–Crippen MR) is 178 cm³/mol. The number of carbonyl (C=O) groups excluding carboxylic acids is 1. The summed E-state index contributed by atoms with van der Waals surface area (Å²) in [5, 5.41) is 15.6. The normalized spacial score (nSPS) is 17.1. The van der Waals surface area contributed by atoms with Crippen LogP contribution in [0.4, 0.5) is 20.4 Å². The molecule has 0 spiro atoms. The first-order valence-electron chi connectivity index (χ1n) is 14.5. The number of anilines is 2. The molecule has 4 aromatic rings. The maximum absolute atomic E-state index is 14.8. The fraction of sp³-hybridized carbons (Fsp3) is 0.265. The molecule has 2 aliphatic heterocycles. The van der Waals surface area contributed by atoms with Crippen LogP contribution in [0, 0.1) is 17.0 Å². The van der Waals surface area contributed by atoms with E-state index in [-0.39, 0.29) is 55.1 Å². The van der Waals surface area contributed by atoms with Crippen molar-refractivity contribution >= 4 is 40.8 Å². The van der Waals surface area contributed by atoms with Gasteiger partial charge in [0.15, 0.2) is 0 Å². The van der Waals surface area contributed by atoms with Crippen LogP contribution in [-0.2, 0) is 6.54 Å². The summed E-state index contributed by atoms with van der Waals surface area (Å²) in [6, 6.07) is 16.0. The highest BCUT2D eigenvalue weighted by Crippen LogP contribution is 2.34. The number of benzene rings is 3. The van der Waals surface area contributed by atoms with Gasteiger partial charge in [-0.3, -0.25) is 20.1 Å². The second-order valence-electron chi connectivity index (χ2n) is 11.3. The SMILES string of the molecule is C.CC1CN(C(=N)N(C)C(=O)c2ccc(Nc3ncc4c(n3)-c3ccc(Cl)cc3C(c3c(F)cccc3F)=NC4)cc2)CC(C)N1. The zero-order chi connectivity index (χ0) is 31.8. The van der Waals surface area contributed by atoms with Gasteiger partial charge in [-0.2, -0.15) is 0 Å². The zero-order valence-corrected chi connectivity index (χ0v) is 25.7. The van der Waals surface area contributed by atoms with Gasteiger partial charge < -0.3 is 15.5 Å². The second-order valence-corrected chi connectivity index (χ2v) is 11.7. The zero-order valence-electron chi connectivity index (χ0n) is 24.9. The lowest BCUT2D eigenvalue weighted by Gasteiger charge is -2.39. The number of rotatable bonds is 4. The Labute approximate surface area is 271 Å². The maximum Gasteiger partial charge on any atom is 0.260 e. The van der Waals surface area contributed by atoms with Gasteiger partial charge in [-0.1, -0.05) is 31.2 Å². The fourth-order valence-electron chi connectivity index (χ4n) is 5.75. The predicted octanol–water partition coefficient (Wildman–Crippen LogP) is 6.49. The number of hydrogen-bond acceptors (Lipinski definition) is 7. The molecule has 0 radical (unpaired) electrons. The van der Waals surface area contributed by atoms with E-state index in [1.165, 1.54) is 23.1 Å².